The highest BCUT2D eigenvalue weighted by Gasteiger charge is 2.16. The molecule has 0 saturated carbocycles. The average molecular weight is 292 g/mol. The van der Waals surface area contributed by atoms with E-state index in [0.29, 0.717) is 5.02 Å². The first-order valence-corrected chi connectivity index (χ1v) is 7.16. The van der Waals surface area contributed by atoms with Crippen LogP contribution in [-0.2, 0) is 6.54 Å². The van der Waals surface area contributed by atoms with E-state index >= 15 is 0 Å². The highest BCUT2D eigenvalue weighted by molar-refractivity contribution is 6.33. The van der Waals surface area contributed by atoms with Crippen LogP contribution in [0.4, 0.5) is 0 Å². The van der Waals surface area contributed by atoms with Crippen molar-refractivity contribution < 1.29 is 4.42 Å². The maximum absolute atomic E-state index is 6.19. The molecule has 1 fully saturated rings. The maximum atomic E-state index is 6.19. The van der Waals surface area contributed by atoms with Crippen molar-refractivity contribution in [3.05, 3.63) is 47.2 Å². The van der Waals surface area contributed by atoms with Crippen LogP contribution in [-0.4, -0.2) is 36.1 Å². The quantitative estimate of drug-likeness (QED) is 0.883. The third-order valence-electron chi connectivity index (χ3n) is 3.59. The third-order valence-corrected chi connectivity index (χ3v) is 3.92. The predicted octanol–water partition coefficient (Wildman–Crippen LogP) is 2.59. The van der Waals surface area contributed by atoms with E-state index in [1.165, 1.54) is 0 Å². The molecule has 0 atom stereocenters. The fourth-order valence-electron chi connectivity index (χ4n) is 2.41. The van der Waals surface area contributed by atoms with Gasteiger partial charge < -0.3 is 4.42 Å². The lowest BCUT2D eigenvalue weighted by Crippen LogP contribution is -2.48. The molecule has 1 saturated heterocycles. The SMILES string of the molecule is NN1CCN(Cc2ccc(-c3ccccc3Cl)o2)CC1. The molecule has 5 heteroatoms. The Morgan fingerprint density at radius 1 is 1.05 bits per heavy atom. The topological polar surface area (TPSA) is 45.6 Å². The molecule has 0 spiro atoms. The molecule has 1 aromatic heterocycles. The number of nitrogens with zero attached hydrogens (tertiary/aromatic N) is 2. The van der Waals surface area contributed by atoms with E-state index in [9.17, 15) is 0 Å². The Labute approximate surface area is 123 Å². The van der Waals surface area contributed by atoms with Gasteiger partial charge in [-0.15, -0.1) is 0 Å². The summed E-state index contributed by atoms with van der Waals surface area (Å²) in [6.07, 6.45) is 0. The van der Waals surface area contributed by atoms with E-state index < -0.39 is 0 Å². The Kier molecular flexibility index (Phi) is 4.08. The van der Waals surface area contributed by atoms with Crippen molar-refractivity contribution >= 4 is 11.6 Å². The van der Waals surface area contributed by atoms with Crippen molar-refractivity contribution in [1.82, 2.24) is 9.91 Å². The van der Waals surface area contributed by atoms with Gasteiger partial charge in [-0.05, 0) is 24.3 Å². The summed E-state index contributed by atoms with van der Waals surface area (Å²) in [6.45, 7) is 4.56. The van der Waals surface area contributed by atoms with Gasteiger partial charge >= 0.3 is 0 Å². The first-order chi connectivity index (χ1) is 9.72. The molecular formula is C15H18ClN3O. The van der Waals surface area contributed by atoms with Crippen molar-refractivity contribution in [3.8, 4) is 11.3 Å². The van der Waals surface area contributed by atoms with Gasteiger partial charge in [-0.25, -0.2) is 5.01 Å². The van der Waals surface area contributed by atoms with Crippen LogP contribution in [0.2, 0.25) is 5.02 Å². The number of rotatable bonds is 3. The Hall–Kier alpha value is -1.33. The second-order valence-electron chi connectivity index (χ2n) is 5.06. The largest absolute Gasteiger partial charge is 0.460 e. The van der Waals surface area contributed by atoms with Gasteiger partial charge in [-0.2, -0.15) is 0 Å². The minimum Gasteiger partial charge on any atom is -0.460 e. The minimum atomic E-state index is 0.713. The van der Waals surface area contributed by atoms with E-state index in [0.717, 1.165) is 49.8 Å². The normalized spacial score (nSPS) is 17.5. The number of hydrogen-bond acceptors (Lipinski definition) is 4. The molecule has 1 aromatic carbocycles. The van der Waals surface area contributed by atoms with Gasteiger partial charge in [-0.1, -0.05) is 23.7 Å². The van der Waals surface area contributed by atoms with Crippen LogP contribution in [0.1, 0.15) is 5.76 Å². The van der Waals surface area contributed by atoms with E-state index in [1.54, 1.807) is 0 Å². The number of hydrogen-bond donors (Lipinski definition) is 1. The second-order valence-corrected chi connectivity index (χ2v) is 5.47. The minimum absolute atomic E-state index is 0.713. The Bertz CT molecular complexity index is 576. The molecule has 4 nitrogen and oxygen atoms in total. The highest BCUT2D eigenvalue weighted by Crippen LogP contribution is 2.29. The fourth-order valence-corrected chi connectivity index (χ4v) is 2.64. The number of benzene rings is 1. The average Bonchev–Trinajstić information content (AvgIpc) is 2.90. The number of furan rings is 1. The van der Waals surface area contributed by atoms with Crippen LogP contribution in [0.5, 0.6) is 0 Å². The van der Waals surface area contributed by atoms with Crippen molar-refractivity contribution in [2.45, 2.75) is 6.54 Å². The van der Waals surface area contributed by atoms with Crippen LogP contribution in [0, 0.1) is 0 Å². The zero-order valence-corrected chi connectivity index (χ0v) is 12.0. The van der Waals surface area contributed by atoms with E-state index in [-0.39, 0.29) is 0 Å². The lowest BCUT2D eigenvalue weighted by atomic mass is 10.2. The summed E-state index contributed by atoms with van der Waals surface area (Å²) < 4.78 is 5.91. The number of halogens is 1. The summed E-state index contributed by atoms with van der Waals surface area (Å²) in [7, 11) is 0. The fraction of sp³-hybridized carbons (Fsp3) is 0.333. The Morgan fingerprint density at radius 2 is 1.80 bits per heavy atom. The Morgan fingerprint density at radius 3 is 2.55 bits per heavy atom. The molecule has 1 aliphatic heterocycles. The smallest absolute Gasteiger partial charge is 0.135 e. The van der Waals surface area contributed by atoms with E-state index in [1.807, 2.05) is 41.4 Å². The predicted molar refractivity (Wildman–Crippen MR) is 80.2 cm³/mol. The van der Waals surface area contributed by atoms with Gasteiger partial charge in [0.2, 0.25) is 0 Å². The summed E-state index contributed by atoms with van der Waals surface area (Å²) in [5.41, 5.74) is 0.937. The summed E-state index contributed by atoms with van der Waals surface area (Å²) in [6, 6.07) is 11.7. The zero-order valence-electron chi connectivity index (χ0n) is 11.3. The summed E-state index contributed by atoms with van der Waals surface area (Å²) >= 11 is 6.19. The van der Waals surface area contributed by atoms with Crippen LogP contribution in [0.25, 0.3) is 11.3 Å². The summed E-state index contributed by atoms with van der Waals surface area (Å²) in [5.74, 6) is 7.54. The van der Waals surface area contributed by atoms with E-state index in [4.69, 9.17) is 21.9 Å². The standard InChI is InChI=1S/C15H18ClN3O/c16-14-4-2-1-3-13(14)15-6-5-12(20-15)11-18-7-9-19(17)10-8-18/h1-6H,7-11,17H2. The van der Waals surface area contributed by atoms with Crippen molar-refractivity contribution in [2.24, 2.45) is 5.84 Å². The van der Waals surface area contributed by atoms with Gasteiger partial charge in [0.15, 0.2) is 0 Å². The van der Waals surface area contributed by atoms with Crippen LogP contribution >= 0.6 is 11.6 Å². The van der Waals surface area contributed by atoms with Crippen LogP contribution in [0.15, 0.2) is 40.8 Å². The van der Waals surface area contributed by atoms with Crippen molar-refractivity contribution in [2.75, 3.05) is 26.2 Å². The first kappa shape index (κ1) is 13.6. The number of nitrogens with two attached hydrogens (primary N) is 1. The highest BCUT2D eigenvalue weighted by atomic mass is 35.5. The first-order valence-electron chi connectivity index (χ1n) is 6.78. The maximum Gasteiger partial charge on any atom is 0.135 e. The number of piperazine rings is 1. The monoisotopic (exact) mass is 291 g/mol. The zero-order chi connectivity index (χ0) is 13.9. The third kappa shape index (κ3) is 3.04. The summed E-state index contributed by atoms with van der Waals surface area (Å²) in [4.78, 5) is 2.35. The molecule has 2 N–H and O–H groups in total. The van der Waals surface area contributed by atoms with Crippen LogP contribution < -0.4 is 5.84 Å². The molecule has 0 bridgehead atoms. The molecule has 0 aliphatic carbocycles. The van der Waals surface area contributed by atoms with Gasteiger partial charge in [0.25, 0.3) is 0 Å². The molecule has 0 unspecified atom stereocenters. The van der Waals surface area contributed by atoms with Gasteiger partial charge in [0.1, 0.15) is 11.5 Å². The molecule has 1 aliphatic rings. The molecule has 0 amide bonds. The lowest BCUT2D eigenvalue weighted by Gasteiger charge is -2.31. The van der Waals surface area contributed by atoms with Crippen LogP contribution in [0.3, 0.4) is 0 Å². The molecule has 0 radical (unpaired) electrons. The van der Waals surface area contributed by atoms with Crippen molar-refractivity contribution in [1.29, 1.82) is 0 Å². The molecule has 2 heterocycles. The van der Waals surface area contributed by atoms with E-state index in [2.05, 4.69) is 4.90 Å². The van der Waals surface area contributed by atoms with Crippen molar-refractivity contribution in [3.63, 3.8) is 0 Å². The molecule has 20 heavy (non-hydrogen) atoms. The summed E-state index contributed by atoms with van der Waals surface area (Å²) in [5, 5.41) is 2.57. The second kappa shape index (κ2) is 5.97. The van der Waals surface area contributed by atoms with Gasteiger partial charge in [0.05, 0.1) is 11.6 Å². The van der Waals surface area contributed by atoms with Gasteiger partial charge in [0, 0.05) is 31.7 Å². The lowest BCUT2D eigenvalue weighted by molar-refractivity contribution is 0.122. The molecule has 106 valence electrons. The van der Waals surface area contributed by atoms with Gasteiger partial charge in [-0.3, -0.25) is 10.7 Å². The number of hydrazine groups is 1. The Balaban J connectivity index is 1.70. The molecular weight excluding hydrogens is 274 g/mol. The molecule has 3 rings (SSSR count). The molecule has 2 aromatic rings.